The lowest BCUT2D eigenvalue weighted by molar-refractivity contribution is -0.0265. The highest BCUT2D eigenvalue weighted by Gasteiger charge is 2.27. The van der Waals surface area contributed by atoms with Crippen LogP contribution in [0.1, 0.15) is 48.5 Å². The predicted molar refractivity (Wildman–Crippen MR) is 139 cm³/mol. The van der Waals surface area contributed by atoms with E-state index >= 15 is 0 Å². The van der Waals surface area contributed by atoms with Crippen molar-refractivity contribution in [3.8, 4) is 5.75 Å². The molecule has 3 unspecified atom stereocenters. The highest BCUT2D eigenvalue weighted by molar-refractivity contribution is 14.0. The van der Waals surface area contributed by atoms with Gasteiger partial charge < -0.3 is 20.1 Å². The summed E-state index contributed by atoms with van der Waals surface area (Å²) < 4.78 is 11.6. The fraction of sp³-hybridized carbons (Fsp3) is 0.480. The number of para-hydroxylation sites is 1. The molecule has 2 N–H and O–H groups in total. The standard InChI is InChI=1S/C25H35N3O2.HI/c1-18-11-13-20(14-12-18)24-21(8-7-15-30-24)17-28-25(26-3)27-16-19(2)22-9-5-6-10-23(22)29-4;/h5-6,9-14,19,21,24H,7-8,15-17H2,1-4H3,(H2,26,27,28);1H. The molecular weight excluding hydrogens is 501 g/mol. The van der Waals surface area contributed by atoms with Gasteiger partial charge in [0.05, 0.1) is 13.2 Å². The van der Waals surface area contributed by atoms with Crippen LogP contribution in [0.4, 0.5) is 0 Å². The SMILES string of the molecule is CN=C(NCC(C)c1ccccc1OC)NCC1CCCOC1c1ccc(C)cc1.I. The van der Waals surface area contributed by atoms with Gasteiger partial charge in [0.15, 0.2) is 5.96 Å². The van der Waals surface area contributed by atoms with Gasteiger partial charge in [0.1, 0.15) is 5.75 Å². The third-order valence-corrected chi connectivity index (χ3v) is 5.85. The Morgan fingerprint density at radius 1 is 1.16 bits per heavy atom. The quantitative estimate of drug-likeness (QED) is 0.295. The lowest BCUT2D eigenvalue weighted by atomic mass is 9.89. The Hall–Kier alpha value is -1.80. The molecule has 0 aromatic heterocycles. The van der Waals surface area contributed by atoms with Gasteiger partial charge in [-0.3, -0.25) is 4.99 Å². The first-order valence-electron chi connectivity index (χ1n) is 10.9. The maximum atomic E-state index is 6.15. The van der Waals surface area contributed by atoms with Crippen molar-refractivity contribution < 1.29 is 9.47 Å². The Kier molecular flexibility index (Phi) is 10.6. The number of ether oxygens (including phenoxy) is 2. The number of nitrogens with one attached hydrogen (secondary N) is 2. The molecule has 6 heteroatoms. The molecule has 0 saturated carbocycles. The van der Waals surface area contributed by atoms with Crippen LogP contribution in [-0.2, 0) is 4.74 Å². The Morgan fingerprint density at radius 3 is 2.61 bits per heavy atom. The average molecular weight is 537 g/mol. The lowest BCUT2D eigenvalue weighted by Gasteiger charge is -2.32. The highest BCUT2D eigenvalue weighted by atomic mass is 127. The Labute approximate surface area is 204 Å². The fourth-order valence-electron chi connectivity index (χ4n) is 4.06. The van der Waals surface area contributed by atoms with Crippen LogP contribution < -0.4 is 15.4 Å². The number of methoxy groups -OCH3 is 1. The number of aryl methyl sites for hydroxylation is 1. The first-order chi connectivity index (χ1) is 14.6. The fourth-order valence-corrected chi connectivity index (χ4v) is 4.06. The van der Waals surface area contributed by atoms with Crippen LogP contribution in [0, 0.1) is 12.8 Å². The number of halogens is 1. The molecule has 0 spiro atoms. The van der Waals surface area contributed by atoms with Crippen molar-refractivity contribution in [3.05, 3.63) is 65.2 Å². The minimum atomic E-state index is 0. The van der Waals surface area contributed by atoms with E-state index in [0.717, 1.165) is 44.2 Å². The van der Waals surface area contributed by atoms with Crippen LogP contribution >= 0.6 is 24.0 Å². The van der Waals surface area contributed by atoms with Gasteiger partial charge in [0.2, 0.25) is 0 Å². The van der Waals surface area contributed by atoms with Crippen LogP contribution in [0.25, 0.3) is 0 Å². The summed E-state index contributed by atoms with van der Waals surface area (Å²) in [4.78, 5) is 4.41. The summed E-state index contributed by atoms with van der Waals surface area (Å²) in [6, 6.07) is 16.9. The second-order valence-electron chi connectivity index (χ2n) is 8.08. The van der Waals surface area contributed by atoms with Crippen LogP contribution in [0.2, 0.25) is 0 Å². The van der Waals surface area contributed by atoms with Gasteiger partial charge in [-0.15, -0.1) is 24.0 Å². The zero-order valence-electron chi connectivity index (χ0n) is 19.1. The second kappa shape index (κ2) is 12.9. The van der Waals surface area contributed by atoms with Gasteiger partial charge in [-0.2, -0.15) is 0 Å². The molecule has 1 aliphatic rings. The minimum absolute atomic E-state index is 0. The maximum Gasteiger partial charge on any atom is 0.191 e. The Morgan fingerprint density at radius 2 is 1.90 bits per heavy atom. The summed E-state index contributed by atoms with van der Waals surface area (Å²) in [6.07, 6.45) is 2.39. The molecule has 3 rings (SSSR count). The van der Waals surface area contributed by atoms with E-state index in [1.54, 1.807) is 7.11 Å². The average Bonchev–Trinajstić information content (AvgIpc) is 2.79. The third kappa shape index (κ3) is 7.10. The largest absolute Gasteiger partial charge is 0.496 e. The molecule has 0 bridgehead atoms. The molecule has 1 heterocycles. The maximum absolute atomic E-state index is 6.15. The topological polar surface area (TPSA) is 54.9 Å². The van der Waals surface area contributed by atoms with Gasteiger partial charge in [0.25, 0.3) is 0 Å². The normalized spacial score (nSPS) is 19.8. The molecule has 0 amide bonds. The molecule has 0 aliphatic carbocycles. The van der Waals surface area contributed by atoms with Crippen molar-refractivity contribution in [2.45, 2.75) is 38.7 Å². The Bertz CT molecular complexity index is 826. The van der Waals surface area contributed by atoms with Crippen LogP contribution in [-0.4, -0.2) is 39.8 Å². The van der Waals surface area contributed by atoms with E-state index in [1.165, 1.54) is 16.7 Å². The summed E-state index contributed by atoms with van der Waals surface area (Å²) in [5, 5.41) is 6.98. The van der Waals surface area contributed by atoms with Crippen molar-refractivity contribution in [1.82, 2.24) is 10.6 Å². The van der Waals surface area contributed by atoms with Crippen molar-refractivity contribution in [2.24, 2.45) is 10.9 Å². The molecule has 1 aliphatic heterocycles. The number of hydrogen-bond donors (Lipinski definition) is 2. The van der Waals surface area contributed by atoms with E-state index in [2.05, 4.69) is 65.9 Å². The van der Waals surface area contributed by atoms with E-state index in [-0.39, 0.29) is 30.1 Å². The van der Waals surface area contributed by atoms with E-state index in [4.69, 9.17) is 9.47 Å². The molecular formula is C25H36IN3O2. The molecule has 2 aromatic rings. The van der Waals surface area contributed by atoms with E-state index in [0.29, 0.717) is 11.8 Å². The monoisotopic (exact) mass is 537 g/mol. The smallest absolute Gasteiger partial charge is 0.191 e. The van der Waals surface area contributed by atoms with E-state index in [1.807, 2.05) is 19.2 Å². The second-order valence-corrected chi connectivity index (χ2v) is 8.08. The molecule has 170 valence electrons. The molecule has 2 aromatic carbocycles. The van der Waals surface area contributed by atoms with Gasteiger partial charge >= 0.3 is 0 Å². The van der Waals surface area contributed by atoms with Crippen molar-refractivity contribution in [3.63, 3.8) is 0 Å². The molecule has 3 atom stereocenters. The summed E-state index contributed by atoms with van der Waals surface area (Å²) in [5.41, 5.74) is 3.74. The summed E-state index contributed by atoms with van der Waals surface area (Å²) in [7, 11) is 3.54. The van der Waals surface area contributed by atoms with Gasteiger partial charge in [0, 0.05) is 38.6 Å². The number of hydrogen-bond acceptors (Lipinski definition) is 3. The number of benzene rings is 2. The van der Waals surface area contributed by atoms with Gasteiger partial charge in [-0.1, -0.05) is 55.0 Å². The molecule has 31 heavy (non-hydrogen) atoms. The zero-order chi connectivity index (χ0) is 21.3. The summed E-state index contributed by atoms with van der Waals surface area (Å²) >= 11 is 0. The predicted octanol–water partition coefficient (Wildman–Crippen LogP) is 5.06. The van der Waals surface area contributed by atoms with Crippen molar-refractivity contribution in [2.75, 3.05) is 33.9 Å². The highest BCUT2D eigenvalue weighted by Crippen LogP contribution is 2.33. The van der Waals surface area contributed by atoms with Crippen molar-refractivity contribution in [1.29, 1.82) is 0 Å². The Balaban J connectivity index is 0.00000341. The van der Waals surface area contributed by atoms with Gasteiger partial charge in [-0.05, 0) is 37.0 Å². The third-order valence-electron chi connectivity index (χ3n) is 5.85. The lowest BCUT2D eigenvalue weighted by Crippen LogP contribution is -2.43. The first kappa shape index (κ1) is 25.5. The van der Waals surface area contributed by atoms with Gasteiger partial charge in [-0.25, -0.2) is 0 Å². The number of guanidine groups is 1. The summed E-state index contributed by atoms with van der Waals surface area (Å²) in [6.45, 7) is 6.76. The minimum Gasteiger partial charge on any atom is -0.496 e. The number of aliphatic imine (C=N–C) groups is 1. The molecule has 0 radical (unpaired) electrons. The first-order valence-corrected chi connectivity index (χ1v) is 10.9. The van der Waals surface area contributed by atoms with Crippen LogP contribution in [0.5, 0.6) is 5.75 Å². The summed E-state index contributed by atoms with van der Waals surface area (Å²) in [5.74, 6) is 2.48. The number of nitrogens with zero attached hydrogens (tertiary/aromatic N) is 1. The molecule has 1 saturated heterocycles. The number of rotatable bonds is 7. The molecule has 5 nitrogen and oxygen atoms in total. The van der Waals surface area contributed by atoms with Crippen LogP contribution in [0.3, 0.4) is 0 Å². The van der Waals surface area contributed by atoms with E-state index < -0.39 is 0 Å². The zero-order valence-corrected chi connectivity index (χ0v) is 21.4. The van der Waals surface area contributed by atoms with E-state index in [9.17, 15) is 0 Å². The molecule has 1 fully saturated rings. The van der Waals surface area contributed by atoms with Crippen LogP contribution in [0.15, 0.2) is 53.5 Å². The van der Waals surface area contributed by atoms with Crippen molar-refractivity contribution >= 4 is 29.9 Å².